The molecular formula is C14H20N2O2. The summed E-state index contributed by atoms with van der Waals surface area (Å²) < 4.78 is 0. The Balaban J connectivity index is 2.36. The number of hydrogen-bond donors (Lipinski definition) is 2. The molecule has 4 nitrogen and oxygen atoms in total. The second-order valence-corrected chi connectivity index (χ2v) is 4.97. The van der Waals surface area contributed by atoms with E-state index in [0.717, 1.165) is 18.8 Å². The van der Waals surface area contributed by atoms with Gasteiger partial charge < -0.3 is 15.3 Å². The highest BCUT2D eigenvalue weighted by atomic mass is 16.4. The molecule has 1 heterocycles. The van der Waals surface area contributed by atoms with Crippen molar-refractivity contribution in [3.05, 3.63) is 29.8 Å². The van der Waals surface area contributed by atoms with E-state index in [9.17, 15) is 9.90 Å². The molecule has 1 aromatic carbocycles. The zero-order valence-electron chi connectivity index (χ0n) is 10.9. The van der Waals surface area contributed by atoms with E-state index in [2.05, 4.69) is 25.2 Å². The van der Waals surface area contributed by atoms with Crippen molar-refractivity contribution in [2.24, 2.45) is 0 Å². The zero-order chi connectivity index (χ0) is 13.1. The minimum atomic E-state index is -0.763. The molecule has 0 bridgehead atoms. The summed E-state index contributed by atoms with van der Waals surface area (Å²) in [7, 11) is 0. The number of anilines is 1. The Morgan fingerprint density at radius 3 is 2.83 bits per heavy atom. The van der Waals surface area contributed by atoms with Gasteiger partial charge in [0.2, 0.25) is 0 Å². The van der Waals surface area contributed by atoms with Crippen molar-refractivity contribution in [1.29, 1.82) is 0 Å². The van der Waals surface area contributed by atoms with Gasteiger partial charge in [-0.15, -0.1) is 0 Å². The highest BCUT2D eigenvalue weighted by molar-refractivity contribution is 5.79. The lowest BCUT2D eigenvalue weighted by atomic mass is 9.99. The first kappa shape index (κ1) is 12.9. The van der Waals surface area contributed by atoms with Gasteiger partial charge in [-0.2, -0.15) is 0 Å². The molecule has 2 N–H and O–H groups in total. The number of carbonyl (C=O) groups is 1. The Hall–Kier alpha value is -1.55. The lowest BCUT2D eigenvalue weighted by Gasteiger charge is -2.37. The van der Waals surface area contributed by atoms with Crippen LogP contribution in [0.3, 0.4) is 0 Å². The monoisotopic (exact) mass is 248 g/mol. The number of carboxylic acid groups (broad SMARTS) is 1. The van der Waals surface area contributed by atoms with Crippen LogP contribution in [0.1, 0.15) is 25.3 Å². The van der Waals surface area contributed by atoms with Crippen molar-refractivity contribution >= 4 is 11.7 Å². The Bertz CT molecular complexity index is 432. The molecule has 1 unspecified atom stereocenters. The van der Waals surface area contributed by atoms with Gasteiger partial charge in [0.05, 0.1) is 0 Å². The van der Waals surface area contributed by atoms with Crippen LogP contribution >= 0.6 is 0 Å². The second kappa shape index (κ2) is 5.40. The molecule has 0 radical (unpaired) electrons. The predicted molar refractivity (Wildman–Crippen MR) is 72.2 cm³/mol. The Labute approximate surface area is 108 Å². The first-order valence-electron chi connectivity index (χ1n) is 6.40. The fraction of sp³-hybridized carbons (Fsp3) is 0.500. The van der Waals surface area contributed by atoms with Gasteiger partial charge in [-0.3, -0.25) is 0 Å². The van der Waals surface area contributed by atoms with Gasteiger partial charge in [-0.05, 0) is 17.5 Å². The molecule has 1 aromatic rings. The lowest BCUT2D eigenvalue weighted by molar-refractivity contribution is -0.138. The van der Waals surface area contributed by atoms with Gasteiger partial charge in [-0.1, -0.05) is 32.0 Å². The minimum Gasteiger partial charge on any atom is -0.480 e. The highest BCUT2D eigenvalue weighted by Crippen LogP contribution is 2.29. The van der Waals surface area contributed by atoms with Crippen LogP contribution in [0.5, 0.6) is 0 Å². The number of para-hydroxylation sites is 1. The van der Waals surface area contributed by atoms with Crippen molar-refractivity contribution in [2.75, 3.05) is 24.5 Å². The van der Waals surface area contributed by atoms with Gasteiger partial charge in [0, 0.05) is 25.3 Å². The van der Waals surface area contributed by atoms with Crippen molar-refractivity contribution in [3.63, 3.8) is 0 Å². The summed E-state index contributed by atoms with van der Waals surface area (Å²) in [6, 6.07) is 7.62. The third kappa shape index (κ3) is 2.48. The summed E-state index contributed by atoms with van der Waals surface area (Å²) in [5.41, 5.74) is 2.27. The molecule has 1 aliphatic heterocycles. The molecule has 1 saturated heterocycles. The van der Waals surface area contributed by atoms with Gasteiger partial charge in [0.1, 0.15) is 6.04 Å². The summed E-state index contributed by atoms with van der Waals surface area (Å²) in [6.07, 6.45) is 0. The van der Waals surface area contributed by atoms with Crippen LogP contribution in [0.4, 0.5) is 5.69 Å². The van der Waals surface area contributed by atoms with Gasteiger partial charge >= 0.3 is 5.97 Å². The molecule has 2 rings (SSSR count). The van der Waals surface area contributed by atoms with E-state index in [4.69, 9.17) is 0 Å². The Morgan fingerprint density at radius 2 is 2.17 bits per heavy atom. The number of carboxylic acids is 1. The van der Waals surface area contributed by atoms with E-state index in [-0.39, 0.29) is 0 Å². The van der Waals surface area contributed by atoms with Crippen LogP contribution in [-0.2, 0) is 4.79 Å². The average Bonchev–Trinajstić information content (AvgIpc) is 2.38. The third-order valence-corrected chi connectivity index (χ3v) is 3.40. The summed E-state index contributed by atoms with van der Waals surface area (Å²) in [5, 5.41) is 12.5. The van der Waals surface area contributed by atoms with Crippen molar-refractivity contribution in [1.82, 2.24) is 5.32 Å². The number of benzene rings is 1. The molecule has 0 aromatic heterocycles. The van der Waals surface area contributed by atoms with E-state index in [0.29, 0.717) is 12.5 Å². The summed E-state index contributed by atoms with van der Waals surface area (Å²) in [4.78, 5) is 13.3. The number of nitrogens with zero attached hydrogens (tertiary/aromatic N) is 1. The molecule has 0 spiro atoms. The van der Waals surface area contributed by atoms with Crippen molar-refractivity contribution < 1.29 is 9.90 Å². The van der Waals surface area contributed by atoms with Crippen LogP contribution in [-0.4, -0.2) is 36.8 Å². The van der Waals surface area contributed by atoms with Crippen molar-refractivity contribution in [3.8, 4) is 0 Å². The number of piperazine rings is 1. The van der Waals surface area contributed by atoms with Gasteiger partial charge in [-0.25, -0.2) is 4.79 Å². The number of nitrogens with one attached hydrogen (secondary N) is 1. The molecule has 0 aliphatic carbocycles. The van der Waals surface area contributed by atoms with E-state index in [1.54, 1.807) is 0 Å². The average molecular weight is 248 g/mol. The molecule has 0 amide bonds. The molecule has 1 aliphatic rings. The Kier molecular flexibility index (Phi) is 3.87. The van der Waals surface area contributed by atoms with Gasteiger partial charge in [0.25, 0.3) is 0 Å². The van der Waals surface area contributed by atoms with Crippen LogP contribution in [0.25, 0.3) is 0 Å². The maximum absolute atomic E-state index is 11.3. The van der Waals surface area contributed by atoms with E-state index in [1.807, 2.05) is 23.1 Å². The number of aliphatic carboxylic acids is 1. The highest BCUT2D eigenvalue weighted by Gasteiger charge is 2.29. The topological polar surface area (TPSA) is 52.6 Å². The molecule has 0 saturated carbocycles. The standard InChI is InChI=1S/C14H20N2O2/c1-10(2)11-5-3-4-6-12(11)16-8-7-15-9-13(16)14(17)18/h3-6,10,13,15H,7-9H2,1-2H3,(H,17,18). The lowest BCUT2D eigenvalue weighted by Crippen LogP contribution is -2.55. The molecule has 1 fully saturated rings. The quantitative estimate of drug-likeness (QED) is 0.854. The maximum atomic E-state index is 11.3. The fourth-order valence-electron chi connectivity index (χ4n) is 2.45. The van der Waals surface area contributed by atoms with E-state index >= 15 is 0 Å². The minimum absolute atomic E-state index is 0.394. The summed E-state index contributed by atoms with van der Waals surface area (Å²) >= 11 is 0. The summed E-state index contributed by atoms with van der Waals surface area (Å²) in [5.74, 6) is -0.369. The maximum Gasteiger partial charge on any atom is 0.327 e. The fourth-order valence-corrected chi connectivity index (χ4v) is 2.45. The largest absolute Gasteiger partial charge is 0.480 e. The predicted octanol–water partition coefficient (Wildman–Crippen LogP) is 1.67. The molecule has 4 heteroatoms. The number of hydrogen-bond acceptors (Lipinski definition) is 3. The number of rotatable bonds is 3. The van der Waals surface area contributed by atoms with Crippen LogP contribution in [0.15, 0.2) is 24.3 Å². The van der Waals surface area contributed by atoms with Crippen molar-refractivity contribution in [2.45, 2.75) is 25.8 Å². The van der Waals surface area contributed by atoms with Crippen LogP contribution in [0, 0.1) is 0 Å². The SMILES string of the molecule is CC(C)c1ccccc1N1CCNCC1C(=O)O. The van der Waals surface area contributed by atoms with Gasteiger partial charge in [0.15, 0.2) is 0 Å². The molecule has 18 heavy (non-hydrogen) atoms. The molecule has 1 atom stereocenters. The summed E-state index contributed by atoms with van der Waals surface area (Å²) in [6.45, 7) is 6.34. The third-order valence-electron chi connectivity index (χ3n) is 3.40. The first-order valence-corrected chi connectivity index (χ1v) is 6.40. The normalized spacial score (nSPS) is 20.2. The Morgan fingerprint density at radius 1 is 1.44 bits per heavy atom. The smallest absolute Gasteiger partial charge is 0.327 e. The zero-order valence-corrected chi connectivity index (χ0v) is 10.9. The molecule has 98 valence electrons. The van der Waals surface area contributed by atoms with Crippen LogP contribution < -0.4 is 10.2 Å². The van der Waals surface area contributed by atoms with E-state index < -0.39 is 12.0 Å². The first-order chi connectivity index (χ1) is 8.61. The second-order valence-electron chi connectivity index (χ2n) is 4.97. The van der Waals surface area contributed by atoms with E-state index in [1.165, 1.54) is 5.56 Å². The molecular weight excluding hydrogens is 228 g/mol. The van der Waals surface area contributed by atoms with Crippen LogP contribution in [0.2, 0.25) is 0 Å².